The molecule has 3 aromatic rings. The molecule has 6 heteroatoms. The van der Waals surface area contributed by atoms with E-state index in [1.54, 1.807) is 25.6 Å². The van der Waals surface area contributed by atoms with Crippen LogP contribution in [0.15, 0.2) is 72.8 Å². The highest BCUT2D eigenvalue weighted by Gasteiger charge is 2.18. The molecule has 0 aliphatic carbocycles. The van der Waals surface area contributed by atoms with Crippen molar-refractivity contribution in [3.63, 3.8) is 0 Å². The molecular formula is C27H28N2O4. The maximum Gasteiger partial charge on any atom is 0.138 e. The molecule has 0 saturated carbocycles. The molecule has 1 aliphatic rings. The number of rotatable bonds is 7. The molecule has 0 spiro atoms. The molecule has 0 fully saturated rings. The first-order valence-corrected chi connectivity index (χ1v) is 11.1. The molecule has 1 aliphatic heterocycles. The van der Waals surface area contributed by atoms with Crippen LogP contribution in [-0.2, 0) is 11.2 Å². The number of hydrogen-bond donors (Lipinski definition) is 3. The Labute approximate surface area is 193 Å². The first-order chi connectivity index (χ1) is 16.0. The van der Waals surface area contributed by atoms with Crippen molar-refractivity contribution in [1.29, 1.82) is 0 Å². The van der Waals surface area contributed by atoms with Gasteiger partial charge >= 0.3 is 0 Å². The lowest BCUT2D eigenvalue weighted by Gasteiger charge is -2.15. The Balaban J connectivity index is 1.46. The van der Waals surface area contributed by atoms with Crippen molar-refractivity contribution in [2.75, 3.05) is 13.2 Å². The summed E-state index contributed by atoms with van der Waals surface area (Å²) in [6.07, 6.45) is 4.98. The zero-order valence-electron chi connectivity index (χ0n) is 18.6. The maximum absolute atomic E-state index is 9.92. The molecule has 2 heterocycles. The van der Waals surface area contributed by atoms with Gasteiger partial charge < -0.3 is 24.6 Å². The molecule has 170 valence electrons. The van der Waals surface area contributed by atoms with Gasteiger partial charge in [-0.3, -0.25) is 0 Å². The standard InChI is InChI=1S/C27H28N2O4/c1-19(31)27-28-13-14-29(27)25(12-15-30)11-6-20-2-7-22(8-3-20)23-9-4-21(5-10-23)16-24-17-33-18-26(24)32/h2-5,7-10,13-14,17,19,25-26,30-32H,12,15-16,18H2,1H3/t19-,25-,26+/m0/s1. The molecule has 33 heavy (non-hydrogen) atoms. The smallest absolute Gasteiger partial charge is 0.138 e. The van der Waals surface area contributed by atoms with Crippen LogP contribution in [0.5, 0.6) is 0 Å². The summed E-state index contributed by atoms with van der Waals surface area (Å²) in [5.74, 6) is 6.92. The number of hydrogen-bond acceptors (Lipinski definition) is 5. The number of benzene rings is 2. The van der Waals surface area contributed by atoms with Crippen molar-refractivity contribution < 1.29 is 20.1 Å². The summed E-state index contributed by atoms with van der Waals surface area (Å²) in [6.45, 7) is 2.00. The van der Waals surface area contributed by atoms with Gasteiger partial charge in [-0.1, -0.05) is 48.2 Å². The van der Waals surface area contributed by atoms with Crippen LogP contribution in [0.3, 0.4) is 0 Å². The van der Waals surface area contributed by atoms with Crippen LogP contribution >= 0.6 is 0 Å². The van der Waals surface area contributed by atoms with Crippen molar-refractivity contribution in [2.45, 2.75) is 38.0 Å². The van der Waals surface area contributed by atoms with E-state index in [2.05, 4.69) is 41.1 Å². The van der Waals surface area contributed by atoms with Crippen LogP contribution in [0.4, 0.5) is 0 Å². The van der Waals surface area contributed by atoms with Crippen LogP contribution in [0, 0.1) is 11.8 Å². The second kappa shape index (κ2) is 10.5. The van der Waals surface area contributed by atoms with Crippen molar-refractivity contribution in [3.8, 4) is 23.0 Å². The molecule has 4 rings (SSSR count). The first-order valence-electron chi connectivity index (χ1n) is 11.1. The van der Waals surface area contributed by atoms with E-state index in [1.807, 2.05) is 28.8 Å². The zero-order valence-corrected chi connectivity index (χ0v) is 18.6. The number of aliphatic hydroxyl groups excluding tert-OH is 3. The van der Waals surface area contributed by atoms with Gasteiger partial charge in [0.25, 0.3) is 0 Å². The Kier molecular flexibility index (Phi) is 7.26. The molecule has 2 aromatic carbocycles. The molecule has 3 N–H and O–H groups in total. The van der Waals surface area contributed by atoms with E-state index in [9.17, 15) is 15.3 Å². The highest BCUT2D eigenvalue weighted by atomic mass is 16.5. The maximum atomic E-state index is 9.92. The summed E-state index contributed by atoms with van der Waals surface area (Å²) in [5, 5.41) is 29.2. The largest absolute Gasteiger partial charge is 0.498 e. The number of ether oxygens (including phenoxy) is 1. The topological polar surface area (TPSA) is 87.7 Å². The van der Waals surface area contributed by atoms with Gasteiger partial charge in [0, 0.05) is 36.6 Å². The summed E-state index contributed by atoms with van der Waals surface area (Å²) in [7, 11) is 0. The predicted molar refractivity (Wildman–Crippen MR) is 126 cm³/mol. The molecule has 0 saturated heterocycles. The summed E-state index contributed by atoms with van der Waals surface area (Å²) in [4.78, 5) is 4.20. The second-order valence-electron chi connectivity index (χ2n) is 8.16. The van der Waals surface area contributed by atoms with Crippen LogP contribution in [-0.4, -0.2) is 44.2 Å². The van der Waals surface area contributed by atoms with Crippen LogP contribution in [0.25, 0.3) is 11.1 Å². The highest BCUT2D eigenvalue weighted by molar-refractivity contribution is 5.64. The average Bonchev–Trinajstić information content (AvgIpc) is 3.47. The third kappa shape index (κ3) is 5.52. The average molecular weight is 445 g/mol. The Morgan fingerprint density at radius 2 is 1.82 bits per heavy atom. The lowest BCUT2D eigenvalue weighted by atomic mass is 9.99. The van der Waals surface area contributed by atoms with E-state index >= 15 is 0 Å². The van der Waals surface area contributed by atoms with Crippen molar-refractivity contribution in [1.82, 2.24) is 9.55 Å². The van der Waals surface area contributed by atoms with Crippen LogP contribution < -0.4 is 0 Å². The fourth-order valence-corrected chi connectivity index (χ4v) is 3.87. The Morgan fingerprint density at radius 3 is 2.42 bits per heavy atom. The lowest BCUT2D eigenvalue weighted by molar-refractivity contribution is 0.141. The zero-order chi connectivity index (χ0) is 23.2. The van der Waals surface area contributed by atoms with Crippen molar-refractivity contribution in [3.05, 3.63) is 89.7 Å². The minimum atomic E-state index is -0.707. The number of nitrogens with zero attached hydrogens (tertiary/aromatic N) is 2. The summed E-state index contributed by atoms with van der Waals surface area (Å²) in [5.41, 5.74) is 5.10. The molecule has 0 bridgehead atoms. The summed E-state index contributed by atoms with van der Waals surface area (Å²) in [6, 6.07) is 16.1. The van der Waals surface area contributed by atoms with Crippen LogP contribution in [0.2, 0.25) is 0 Å². The normalized spacial score (nSPS) is 17.0. The molecule has 3 atom stereocenters. The Hall–Kier alpha value is -3.37. The van der Waals surface area contributed by atoms with Crippen molar-refractivity contribution >= 4 is 0 Å². The van der Waals surface area contributed by atoms with E-state index in [-0.39, 0.29) is 12.6 Å². The fraction of sp³-hybridized carbons (Fsp3) is 0.296. The molecule has 1 aromatic heterocycles. The monoisotopic (exact) mass is 444 g/mol. The van der Waals surface area contributed by atoms with E-state index in [4.69, 9.17) is 4.74 Å². The number of aliphatic hydroxyl groups is 3. The van der Waals surface area contributed by atoms with E-state index in [0.717, 1.165) is 27.8 Å². The third-order valence-electron chi connectivity index (χ3n) is 5.69. The minimum absolute atomic E-state index is 0.00498. The second-order valence-corrected chi connectivity index (χ2v) is 8.16. The molecule has 0 amide bonds. The van der Waals surface area contributed by atoms with Gasteiger partial charge in [0.1, 0.15) is 24.6 Å². The third-order valence-corrected chi connectivity index (χ3v) is 5.69. The van der Waals surface area contributed by atoms with Crippen LogP contribution in [0.1, 0.15) is 42.4 Å². The van der Waals surface area contributed by atoms with Gasteiger partial charge in [0.15, 0.2) is 0 Å². The quantitative estimate of drug-likeness (QED) is 0.486. The Bertz CT molecular complexity index is 1150. The van der Waals surface area contributed by atoms with Gasteiger partial charge in [-0.05, 0) is 42.2 Å². The fourth-order valence-electron chi connectivity index (χ4n) is 3.87. The van der Waals surface area contributed by atoms with Crippen molar-refractivity contribution in [2.24, 2.45) is 0 Å². The van der Waals surface area contributed by atoms with Gasteiger partial charge in [0.05, 0.1) is 12.3 Å². The lowest BCUT2D eigenvalue weighted by Crippen LogP contribution is -2.13. The van der Waals surface area contributed by atoms with E-state index in [1.165, 1.54) is 0 Å². The number of imidazole rings is 1. The molecule has 6 nitrogen and oxygen atoms in total. The minimum Gasteiger partial charge on any atom is -0.498 e. The Morgan fingerprint density at radius 1 is 1.12 bits per heavy atom. The molecular weight excluding hydrogens is 416 g/mol. The van der Waals surface area contributed by atoms with E-state index in [0.29, 0.717) is 25.3 Å². The SMILES string of the molecule is C[C@H](O)c1nccn1[C@@H](C#Cc1ccc(-c2ccc(CC3=COC[C@H]3O)cc2)cc1)CCO. The highest BCUT2D eigenvalue weighted by Crippen LogP contribution is 2.23. The van der Waals surface area contributed by atoms with Gasteiger partial charge in [-0.25, -0.2) is 4.98 Å². The predicted octanol–water partition coefficient (Wildman–Crippen LogP) is 3.40. The first kappa shape index (κ1) is 22.8. The molecule has 0 radical (unpaired) electrons. The van der Waals surface area contributed by atoms with Gasteiger partial charge in [-0.15, -0.1) is 0 Å². The van der Waals surface area contributed by atoms with Gasteiger partial charge in [-0.2, -0.15) is 0 Å². The van der Waals surface area contributed by atoms with Gasteiger partial charge in [0.2, 0.25) is 0 Å². The number of aromatic nitrogens is 2. The summed E-state index contributed by atoms with van der Waals surface area (Å²) >= 11 is 0. The summed E-state index contributed by atoms with van der Waals surface area (Å²) < 4.78 is 7.00. The molecule has 0 unspecified atom stereocenters. The van der Waals surface area contributed by atoms with E-state index < -0.39 is 12.2 Å².